The number of carbonyl (C=O) groups is 1. The van der Waals surface area contributed by atoms with E-state index in [1.807, 2.05) is 19.9 Å². The average Bonchev–Trinajstić information content (AvgIpc) is 2.78. The summed E-state index contributed by atoms with van der Waals surface area (Å²) in [4.78, 5) is 12.0. The molecule has 0 unspecified atom stereocenters. The molecule has 0 bridgehead atoms. The highest BCUT2D eigenvalue weighted by molar-refractivity contribution is 5.97. The Morgan fingerprint density at radius 1 is 1.29 bits per heavy atom. The van der Waals surface area contributed by atoms with Crippen molar-refractivity contribution in [2.75, 3.05) is 0 Å². The molecule has 1 aliphatic carbocycles. The second kappa shape index (κ2) is 4.78. The fourth-order valence-corrected chi connectivity index (χ4v) is 2.32. The molecule has 1 saturated carbocycles. The number of aryl methyl sites for hydroxylation is 1. The molecular weight excluding hydrogens is 214 g/mol. The van der Waals surface area contributed by atoms with Gasteiger partial charge in [-0.3, -0.25) is 4.79 Å². The average molecular weight is 233 g/mol. The highest BCUT2D eigenvalue weighted by atomic mass is 16.3. The van der Waals surface area contributed by atoms with Crippen LogP contribution in [0.3, 0.4) is 0 Å². The van der Waals surface area contributed by atoms with Crippen LogP contribution in [0.2, 0.25) is 0 Å². The predicted octanol–water partition coefficient (Wildman–Crippen LogP) is 2.68. The summed E-state index contributed by atoms with van der Waals surface area (Å²) in [6, 6.07) is 3.85. The van der Waals surface area contributed by atoms with Gasteiger partial charge in [0, 0.05) is 6.04 Å². The zero-order chi connectivity index (χ0) is 12.4. The van der Waals surface area contributed by atoms with E-state index < -0.39 is 0 Å². The van der Waals surface area contributed by atoms with Crippen LogP contribution in [0.15, 0.2) is 12.1 Å². The quantitative estimate of drug-likeness (QED) is 0.825. The van der Waals surface area contributed by atoms with Crippen LogP contribution >= 0.6 is 0 Å². The summed E-state index contributed by atoms with van der Waals surface area (Å²) in [5.41, 5.74) is 2.17. The molecule has 1 aromatic carbocycles. The molecule has 2 rings (SSSR count). The Morgan fingerprint density at radius 3 is 2.59 bits per heavy atom. The largest absolute Gasteiger partial charge is 0.507 e. The summed E-state index contributed by atoms with van der Waals surface area (Å²) in [5.74, 6) is -0.0435. The van der Waals surface area contributed by atoms with Gasteiger partial charge >= 0.3 is 0 Å². The molecule has 1 aliphatic rings. The van der Waals surface area contributed by atoms with Crippen LogP contribution in [0.25, 0.3) is 0 Å². The van der Waals surface area contributed by atoms with Gasteiger partial charge in [0.1, 0.15) is 5.75 Å². The van der Waals surface area contributed by atoms with E-state index in [1.165, 1.54) is 12.8 Å². The van der Waals surface area contributed by atoms with E-state index in [2.05, 4.69) is 5.32 Å². The molecule has 0 atom stereocenters. The number of hydrogen-bond donors (Lipinski definition) is 2. The van der Waals surface area contributed by atoms with Gasteiger partial charge in [-0.1, -0.05) is 18.9 Å². The van der Waals surface area contributed by atoms with E-state index in [4.69, 9.17) is 0 Å². The zero-order valence-corrected chi connectivity index (χ0v) is 10.4. The first-order valence-electron chi connectivity index (χ1n) is 6.19. The van der Waals surface area contributed by atoms with E-state index in [9.17, 15) is 9.90 Å². The standard InChI is InChI=1S/C14H19NO2/c1-9-7-8-12(13(16)10(9)2)14(17)15-11-5-3-4-6-11/h7-8,11,16H,3-6H2,1-2H3,(H,15,17). The molecule has 1 fully saturated rings. The Kier molecular flexibility index (Phi) is 3.36. The van der Waals surface area contributed by atoms with E-state index in [0.717, 1.165) is 24.0 Å². The van der Waals surface area contributed by atoms with Crippen LogP contribution < -0.4 is 5.32 Å². The third kappa shape index (κ3) is 2.43. The first-order chi connectivity index (χ1) is 8.09. The van der Waals surface area contributed by atoms with Crippen molar-refractivity contribution >= 4 is 5.91 Å². The maximum absolute atomic E-state index is 12.0. The van der Waals surface area contributed by atoms with Gasteiger partial charge < -0.3 is 10.4 Å². The molecule has 92 valence electrons. The van der Waals surface area contributed by atoms with Gasteiger partial charge in [-0.05, 0) is 43.9 Å². The fourth-order valence-electron chi connectivity index (χ4n) is 2.32. The molecular formula is C14H19NO2. The Labute approximate surface area is 102 Å². The van der Waals surface area contributed by atoms with Gasteiger partial charge in [0.15, 0.2) is 0 Å². The molecule has 2 N–H and O–H groups in total. The van der Waals surface area contributed by atoms with Crippen molar-refractivity contribution in [3.8, 4) is 5.75 Å². The number of hydrogen-bond acceptors (Lipinski definition) is 2. The lowest BCUT2D eigenvalue weighted by molar-refractivity contribution is 0.0935. The monoisotopic (exact) mass is 233 g/mol. The van der Waals surface area contributed by atoms with E-state index in [0.29, 0.717) is 5.56 Å². The van der Waals surface area contributed by atoms with Gasteiger partial charge in [0.05, 0.1) is 5.56 Å². The second-order valence-corrected chi connectivity index (χ2v) is 4.86. The summed E-state index contributed by atoms with van der Waals surface area (Å²) >= 11 is 0. The van der Waals surface area contributed by atoms with Crippen molar-refractivity contribution in [1.82, 2.24) is 5.32 Å². The summed E-state index contributed by atoms with van der Waals surface area (Å²) < 4.78 is 0. The van der Waals surface area contributed by atoms with Crippen molar-refractivity contribution < 1.29 is 9.90 Å². The molecule has 0 spiro atoms. The molecule has 17 heavy (non-hydrogen) atoms. The van der Waals surface area contributed by atoms with Crippen molar-refractivity contribution in [3.63, 3.8) is 0 Å². The highest BCUT2D eigenvalue weighted by Crippen LogP contribution is 2.25. The normalized spacial score (nSPS) is 16.1. The van der Waals surface area contributed by atoms with Crippen LogP contribution in [0.5, 0.6) is 5.75 Å². The Morgan fingerprint density at radius 2 is 1.94 bits per heavy atom. The molecule has 3 heteroatoms. The second-order valence-electron chi connectivity index (χ2n) is 4.86. The number of benzene rings is 1. The number of carbonyl (C=O) groups excluding carboxylic acids is 1. The molecule has 0 aliphatic heterocycles. The van der Waals surface area contributed by atoms with Crippen molar-refractivity contribution in [3.05, 3.63) is 28.8 Å². The Hall–Kier alpha value is -1.51. The fraction of sp³-hybridized carbons (Fsp3) is 0.500. The van der Waals surface area contributed by atoms with Crippen molar-refractivity contribution in [2.45, 2.75) is 45.6 Å². The first-order valence-corrected chi connectivity index (χ1v) is 6.19. The predicted molar refractivity (Wildman–Crippen MR) is 67.3 cm³/mol. The van der Waals surface area contributed by atoms with E-state index >= 15 is 0 Å². The van der Waals surface area contributed by atoms with Crippen LogP contribution in [0.1, 0.15) is 47.2 Å². The summed E-state index contributed by atoms with van der Waals surface area (Å²) in [5, 5.41) is 12.9. The topological polar surface area (TPSA) is 49.3 Å². The van der Waals surface area contributed by atoms with Crippen LogP contribution in [0, 0.1) is 13.8 Å². The van der Waals surface area contributed by atoms with Crippen LogP contribution in [-0.2, 0) is 0 Å². The lowest BCUT2D eigenvalue weighted by Crippen LogP contribution is -2.32. The van der Waals surface area contributed by atoms with Gasteiger partial charge in [-0.15, -0.1) is 0 Å². The van der Waals surface area contributed by atoms with E-state index in [1.54, 1.807) is 6.07 Å². The third-order valence-corrected chi connectivity index (χ3v) is 3.64. The highest BCUT2D eigenvalue weighted by Gasteiger charge is 2.20. The number of phenolic OH excluding ortho intramolecular Hbond substituents is 1. The molecule has 0 radical (unpaired) electrons. The number of nitrogens with one attached hydrogen (secondary N) is 1. The summed E-state index contributed by atoms with van der Waals surface area (Å²) in [6.45, 7) is 3.75. The summed E-state index contributed by atoms with van der Waals surface area (Å²) in [6.07, 6.45) is 4.47. The minimum Gasteiger partial charge on any atom is -0.507 e. The van der Waals surface area contributed by atoms with Crippen LogP contribution in [-0.4, -0.2) is 17.1 Å². The first kappa shape index (κ1) is 12.0. The minimum absolute atomic E-state index is 0.112. The van der Waals surface area contributed by atoms with Crippen molar-refractivity contribution in [2.24, 2.45) is 0 Å². The smallest absolute Gasteiger partial charge is 0.255 e. The summed E-state index contributed by atoms with van der Waals surface area (Å²) in [7, 11) is 0. The van der Waals surface area contributed by atoms with Gasteiger partial charge in [0.2, 0.25) is 0 Å². The lowest BCUT2D eigenvalue weighted by Gasteiger charge is -2.14. The van der Waals surface area contributed by atoms with Gasteiger partial charge in [-0.2, -0.15) is 0 Å². The van der Waals surface area contributed by atoms with E-state index in [-0.39, 0.29) is 17.7 Å². The molecule has 1 amide bonds. The number of rotatable bonds is 2. The third-order valence-electron chi connectivity index (χ3n) is 3.64. The Bertz CT molecular complexity index is 434. The van der Waals surface area contributed by atoms with Crippen LogP contribution in [0.4, 0.5) is 0 Å². The van der Waals surface area contributed by atoms with Gasteiger partial charge in [-0.25, -0.2) is 0 Å². The molecule has 0 heterocycles. The molecule has 0 saturated heterocycles. The lowest BCUT2D eigenvalue weighted by atomic mass is 10.0. The number of aromatic hydroxyl groups is 1. The minimum atomic E-state index is -0.155. The molecule has 3 nitrogen and oxygen atoms in total. The molecule has 0 aromatic heterocycles. The SMILES string of the molecule is Cc1ccc(C(=O)NC2CCCC2)c(O)c1C. The molecule has 1 aromatic rings. The number of phenols is 1. The maximum Gasteiger partial charge on any atom is 0.255 e. The van der Waals surface area contributed by atoms with Gasteiger partial charge in [0.25, 0.3) is 5.91 Å². The zero-order valence-electron chi connectivity index (χ0n) is 10.4. The Balaban J connectivity index is 2.16. The maximum atomic E-state index is 12.0. The van der Waals surface area contributed by atoms with Crippen molar-refractivity contribution in [1.29, 1.82) is 0 Å². The number of amides is 1.